The van der Waals surface area contributed by atoms with Crippen molar-refractivity contribution in [3.8, 4) is 0 Å². The zero-order chi connectivity index (χ0) is 12.9. The number of para-hydroxylation sites is 1. The van der Waals surface area contributed by atoms with E-state index in [2.05, 4.69) is 4.98 Å². The maximum Gasteiger partial charge on any atom is 0.337 e. The number of carbonyl (C=O) groups is 2. The highest BCUT2D eigenvalue weighted by Crippen LogP contribution is 2.29. The van der Waals surface area contributed by atoms with E-state index in [1.807, 2.05) is 6.07 Å². The minimum absolute atomic E-state index is 0.0798. The fraction of sp³-hybridized carbons (Fsp3) is 0.231. The maximum absolute atomic E-state index is 12.0. The number of carboxylic acid groups (broad SMARTS) is 1. The van der Waals surface area contributed by atoms with Gasteiger partial charge in [-0.2, -0.15) is 0 Å². The number of amides is 1. The summed E-state index contributed by atoms with van der Waals surface area (Å²) in [6.45, 7) is 0.663. The van der Waals surface area contributed by atoms with Crippen molar-refractivity contribution in [2.75, 3.05) is 13.6 Å². The summed E-state index contributed by atoms with van der Waals surface area (Å²) in [6, 6.07) is 5.11. The molecule has 1 aromatic heterocycles. The number of H-pyrrole nitrogens is 1. The Morgan fingerprint density at radius 1 is 1.44 bits per heavy atom. The quantitative estimate of drug-likeness (QED) is 0.798. The van der Waals surface area contributed by atoms with Gasteiger partial charge in [0.05, 0.1) is 11.1 Å². The van der Waals surface area contributed by atoms with Gasteiger partial charge in [-0.3, -0.25) is 4.79 Å². The summed E-state index contributed by atoms with van der Waals surface area (Å²) in [6.07, 6.45) is 0.751. The Bertz CT molecular complexity index is 672. The lowest BCUT2D eigenvalue weighted by Crippen LogP contribution is -2.33. The molecule has 0 saturated carbocycles. The van der Waals surface area contributed by atoms with Crippen LogP contribution in [0.15, 0.2) is 18.2 Å². The molecule has 1 aliphatic rings. The molecule has 1 aromatic carbocycles. The van der Waals surface area contributed by atoms with Gasteiger partial charge in [0.1, 0.15) is 5.69 Å². The second-order valence-electron chi connectivity index (χ2n) is 4.49. The smallest absolute Gasteiger partial charge is 0.337 e. The van der Waals surface area contributed by atoms with Crippen LogP contribution in [0.1, 0.15) is 26.4 Å². The van der Waals surface area contributed by atoms with Crippen molar-refractivity contribution < 1.29 is 14.7 Å². The minimum Gasteiger partial charge on any atom is -0.478 e. The van der Waals surface area contributed by atoms with Crippen molar-refractivity contribution in [1.29, 1.82) is 0 Å². The van der Waals surface area contributed by atoms with Crippen LogP contribution >= 0.6 is 0 Å². The van der Waals surface area contributed by atoms with E-state index >= 15 is 0 Å². The number of fused-ring (bicyclic) bond motifs is 3. The summed E-state index contributed by atoms with van der Waals surface area (Å²) in [7, 11) is 1.74. The fourth-order valence-electron chi connectivity index (χ4n) is 2.47. The number of benzene rings is 1. The number of hydrogen-bond donors (Lipinski definition) is 2. The third-order valence-corrected chi connectivity index (χ3v) is 3.43. The number of aromatic amines is 1. The van der Waals surface area contributed by atoms with Crippen LogP contribution in [-0.2, 0) is 6.42 Å². The lowest BCUT2D eigenvalue weighted by molar-refractivity contribution is 0.0697. The molecule has 0 aliphatic carbocycles. The summed E-state index contributed by atoms with van der Waals surface area (Å²) >= 11 is 0. The second-order valence-corrected chi connectivity index (χ2v) is 4.49. The first-order chi connectivity index (χ1) is 8.59. The molecule has 0 radical (unpaired) electrons. The Balaban J connectivity index is 2.33. The summed E-state index contributed by atoms with van der Waals surface area (Å²) < 4.78 is 0. The van der Waals surface area contributed by atoms with Crippen molar-refractivity contribution >= 4 is 22.8 Å². The first-order valence-corrected chi connectivity index (χ1v) is 5.72. The van der Waals surface area contributed by atoms with Gasteiger partial charge in [0, 0.05) is 19.0 Å². The van der Waals surface area contributed by atoms with Crippen LogP contribution in [0.2, 0.25) is 0 Å². The van der Waals surface area contributed by atoms with Crippen LogP contribution in [0.5, 0.6) is 0 Å². The zero-order valence-corrected chi connectivity index (χ0v) is 9.86. The molecule has 5 heteroatoms. The van der Waals surface area contributed by atoms with E-state index in [9.17, 15) is 9.59 Å². The highest BCUT2D eigenvalue weighted by Gasteiger charge is 2.26. The largest absolute Gasteiger partial charge is 0.478 e. The predicted molar refractivity (Wildman–Crippen MR) is 65.9 cm³/mol. The summed E-state index contributed by atoms with van der Waals surface area (Å²) in [4.78, 5) is 27.8. The molecule has 5 nitrogen and oxygen atoms in total. The number of carboxylic acids is 1. The van der Waals surface area contributed by atoms with E-state index in [0.717, 1.165) is 17.4 Å². The van der Waals surface area contributed by atoms with E-state index < -0.39 is 5.97 Å². The number of rotatable bonds is 1. The molecule has 0 bridgehead atoms. The molecule has 0 saturated heterocycles. The lowest BCUT2D eigenvalue weighted by atomic mass is 10.0. The predicted octanol–water partition coefficient (Wildman–Crippen LogP) is 1.49. The van der Waals surface area contributed by atoms with E-state index in [1.165, 1.54) is 0 Å². The SMILES string of the molecule is CN1CCc2c([nH]c3c(C(=O)O)cccc23)C1=O. The molecule has 18 heavy (non-hydrogen) atoms. The van der Waals surface area contributed by atoms with Crippen molar-refractivity contribution in [3.63, 3.8) is 0 Å². The normalized spacial score (nSPS) is 14.9. The Morgan fingerprint density at radius 2 is 2.22 bits per heavy atom. The maximum atomic E-state index is 12.0. The van der Waals surface area contributed by atoms with Crippen molar-refractivity contribution in [3.05, 3.63) is 35.0 Å². The van der Waals surface area contributed by atoms with Crippen LogP contribution in [-0.4, -0.2) is 40.5 Å². The third kappa shape index (κ3) is 1.33. The van der Waals surface area contributed by atoms with Crippen LogP contribution in [0.4, 0.5) is 0 Å². The molecule has 2 N–H and O–H groups in total. The van der Waals surface area contributed by atoms with Gasteiger partial charge in [-0.05, 0) is 18.1 Å². The van der Waals surface area contributed by atoms with Crippen molar-refractivity contribution in [1.82, 2.24) is 9.88 Å². The Morgan fingerprint density at radius 3 is 2.94 bits per heavy atom. The van der Waals surface area contributed by atoms with Gasteiger partial charge in [0.2, 0.25) is 0 Å². The van der Waals surface area contributed by atoms with Gasteiger partial charge in [-0.15, -0.1) is 0 Å². The van der Waals surface area contributed by atoms with E-state index in [4.69, 9.17) is 5.11 Å². The van der Waals surface area contributed by atoms with E-state index in [-0.39, 0.29) is 11.5 Å². The van der Waals surface area contributed by atoms with Crippen LogP contribution < -0.4 is 0 Å². The Hall–Kier alpha value is -2.30. The Kier molecular flexibility index (Phi) is 2.16. The van der Waals surface area contributed by atoms with Crippen molar-refractivity contribution in [2.45, 2.75) is 6.42 Å². The van der Waals surface area contributed by atoms with E-state index in [1.54, 1.807) is 24.1 Å². The number of aromatic carboxylic acids is 1. The van der Waals surface area contributed by atoms with Gasteiger partial charge >= 0.3 is 5.97 Å². The topological polar surface area (TPSA) is 73.4 Å². The molecule has 0 unspecified atom stereocenters. The third-order valence-electron chi connectivity index (χ3n) is 3.43. The molecule has 0 atom stereocenters. The van der Waals surface area contributed by atoms with Gasteiger partial charge in [0.25, 0.3) is 5.91 Å². The highest BCUT2D eigenvalue weighted by atomic mass is 16.4. The second kappa shape index (κ2) is 3.60. The van der Waals surface area contributed by atoms with Gasteiger partial charge < -0.3 is 15.0 Å². The van der Waals surface area contributed by atoms with Gasteiger partial charge in [-0.1, -0.05) is 12.1 Å². The summed E-state index contributed by atoms with van der Waals surface area (Å²) in [5.41, 5.74) is 2.19. The molecule has 3 rings (SSSR count). The fourth-order valence-corrected chi connectivity index (χ4v) is 2.47. The van der Waals surface area contributed by atoms with Crippen LogP contribution in [0.25, 0.3) is 10.9 Å². The number of nitrogens with zero attached hydrogens (tertiary/aromatic N) is 1. The monoisotopic (exact) mass is 244 g/mol. The molecule has 2 aromatic rings. The summed E-state index contributed by atoms with van der Waals surface area (Å²) in [5.74, 6) is -1.07. The molecule has 0 spiro atoms. The van der Waals surface area contributed by atoms with Gasteiger partial charge in [-0.25, -0.2) is 4.79 Å². The molecule has 0 fully saturated rings. The summed E-state index contributed by atoms with van der Waals surface area (Å²) in [5, 5.41) is 9.99. The van der Waals surface area contributed by atoms with Crippen LogP contribution in [0.3, 0.4) is 0 Å². The molecule has 92 valence electrons. The van der Waals surface area contributed by atoms with Crippen LogP contribution in [0, 0.1) is 0 Å². The van der Waals surface area contributed by atoms with Gasteiger partial charge in [0.15, 0.2) is 0 Å². The number of aromatic nitrogens is 1. The van der Waals surface area contributed by atoms with Crippen molar-refractivity contribution in [2.24, 2.45) is 0 Å². The van der Waals surface area contributed by atoms with E-state index in [0.29, 0.717) is 17.8 Å². The zero-order valence-electron chi connectivity index (χ0n) is 9.86. The molecule has 1 aliphatic heterocycles. The Labute approximate surface area is 103 Å². The lowest BCUT2D eigenvalue weighted by Gasteiger charge is -2.22. The molecule has 1 amide bonds. The highest BCUT2D eigenvalue weighted by molar-refractivity contribution is 6.08. The average Bonchev–Trinajstić information content (AvgIpc) is 2.72. The molecule has 2 heterocycles. The number of carbonyl (C=O) groups excluding carboxylic acids is 1. The molecular formula is C13H12N2O3. The first-order valence-electron chi connectivity index (χ1n) is 5.72. The number of nitrogens with one attached hydrogen (secondary N) is 1. The standard InChI is InChI=1S/C13H12N2O3/c1-15-6-5-8-7-3-2-4-9(13(17)18)10(7)14-11(8)12(15)16/h2-4,14H,5-6H2,1H3,(H,17,18). The average molecular weight is 244 g/mol. The minimum atomic E-state index is -0.986. The first kappa shape index (κ1) is 10.8. The molecular weight excluding hydrogens is 232 g/mol. The number of likely N-dealkylation sites (N-methyl/N-ethyl adjacent to an activating group) is 1. The number of hydrogen-bond acceptors (Lipinski definition) is 2.